The van der Waals surface area contributed by atoms with Crippen LogP contribution < -0.4 is 10.3 Å². The average Bonchev–Trinajstić information content (AvgIpc) is 2.57. The van der Waals surface area contributed by atoms with Gasteiger partial charge in [0.15, 0.2) is 0 Å². The van der Waals surface area contributed by atoms with Gasteiger partial charge in [-0.3, -0.25) is 4.79 Å². The van der Waals surface area contributed by atoms with Gasteiger partial charge in [0.2, 0.25) is 5.88 Å². The third-order valence-corrected chi connectivity index (χ3v) is 3.54. The van der Waals surface area contributed by atoms with Crippen molar-refractivity contribution in [2.45, 2.75) is 20.3 Å². The van der Waals surface area contributed by atoms with Crippen molar-refractivity contribution in [2.75, 3.05) is 26.2 Å². The summed E-state index contributed by atoms with van der Waals surface area (Å²) in [5, 5.41) is 4.27. The fraction of sp³-hybridized carbons (Fsp3) is 0.412. The number of aromatic nitrogens is 2. The molecule has 2 aromatic rings. The molecule has 0 aliphatic heterocycles. The van der Waals surface area contributed by atoms with Gasteiger partial charge >= 0.3 is 0 Å². The van der Waals surface area contributed by atoms with E-state index < -0.39 is 0 Å². The highest BCUT2D eigenvalue weighted by Gasteiger charge is 2.04. The Bertz CT molecular complexity index is 621. The average molecular weight is 301 g/mol. The molecule has 1 heterocycles. The van der Waals surface area contributed by atoms with Crippen molar-refractivity contribution in [1.82, 2.24) is 14.7 Å². The van der Waals surface area contributed by atoms with Gasteiger partial charge < -0.3 is 9.64 Å². The van der Waals surface area contributed by atoms with Crippen molar-refractivity contribution >= 4 is 0 Å². The topological polar surface area (TPSA) is 47.4 Å². The maximum atomic E-state index is 11.9. The highest BCUT2D eigenvalue weighted by Crippen LogP contribution is 2.07. The highest BCUT2D eigenvalue weighted by molar-refractivity contribution is 5.30. The Labute approximate surface area is 131 Å². The zero-order valence-electron chi connectivity index (χ0n) is 13.2. The molecule has 5 heteroatoms. The number of benzene rings is 1. The standard InChI is InChI=1S/C17H23N3O2/c1-3-19(4-2)13-8-14-22-16-11-12-17(21)20(18-16)15-9-6-5-7-10-15/h5-7,9-12H,3-4,8,13-14H2,1-2H3. The second kappa shape index (κ2) is 8.34. The molecule has 0 aliphatic carbocycles. The van der Waals surface area contributed by atoms with Crippen LogP contribution in [-0.4, -0.2) is 40.9 Å². The van der Waals surface area contributed by atoms with E-state index in [9.17, 15) is 4.79 Å². The molecule has 0 aliphatic rings. The maximum Gasteiger partial charge on any atom is 0.271 e. The minimum absolute atomic E-state index is 0.165. The Kier molecular flexibility index (Phi) is 6.15. The molecule has 0 spiro atoms. The molecule has 0 N–H and O–H groups in total. The first-order valence-corrected chi connectivity index (χ1v) is 7.75. The number of ether oxygens (including phenoxy) is 1. The molecule has 0 saturated carbocycles. The number of para-hydroxylation sites is 1. The van der Waals surface area contributed by atoms with Gasteiger partial charge in [-0.25, -0.2) is 0 Å². The summed E-state index contributed by atoms with van der Waals surface area (Å²) in [5.74, 6) is 0.475. The number of nitrogens with zero attached hydrogens (tertiary/aromatic N) is 3. The molecule has 22 heavy (non-hydrogen) atoms. The van der Waals surface area contributed by atoms with E-state index in [0.717, 1.165) is 31.7 Å². The molecular weight excluding hydrogens is 278 g/mol. The van der Waals surface area contributed by atoms with E-state index in [0.29, 0.717) is 12.5 Å². The van der Waals surface area contributed by atoms with Gasteiger partial charge in [-0.1, -0.05) is 32.0 Å². The van der Waals surface area contributed by atoms with Gasteiger partial charge in [0.1, 0.15) is 0 Å². The summed E-state index contributed by atoms with van der Waals surface area (Å²) in [4.78, 5) is 14.3. The Morgan fingerprint density at radius 2 is 1.82 bits per heavy atom. The molecule has 0 fully saturated rings. The van der Waals surface area contributed by atoms with Crippen LogP contribution in [0.15, 0.2) is 47.3 Å². The molecular formula is C17H23N3O2. The lowest BCUT2D eigenvalue weighted by atomic mass is 10.3. The molecule has 0 amide bonds. The maximum absolute atomic E-state index is 11.9. The molecule has 118 valence electrons. The summed E-state index contributed by atoms with van der Waals surface area (Å²) < 4.78 is 7.03. The molecule has 1 aromatic carbocycles. The summed E-state index contributed by atoms with van der Waals surface area (Å²) in [6, 6.07) is 12.5. The second-order valence-electron chi connectivity index (χ2n) is 4.99. The minimum atomic E-state index is -0.165. The third kappa shape index (κ3) is 4.43. The highest BCUT2D eigenvalue weighted by atomic mass is 16.5. The summed E-state index contributed by atoms with van der Waals surface area (Å²) in [7, 11) is 0. The van der Waals surface area contributed by atoms with Crippen molar-refractivity contribution in [3.8, 4) is 11.6 Å². The zero-order chi connectivity index (χ0) is 15.8. The first kappa shape index (κ1) is 16.2. The van der Waals surface area contributed by atoms with E-state index in [4.69, 9.17) is 4.74 Å². The number of hydrogen-bond acceptors (Lipinski definition) is 4. The van der Waals surface area contributed by atoms with Crippen molar-refractivity contribution in [3.05, 3.63) is 52.8 Å². The van der Waals surface area contributed by atoms with Crippen molar-refractivity contribution in [2.24, 2.45) is 0 Å². The lowest BCUT2D eigenvalue weighted by Gasteiger charge is -2.17. The lowest BCUT2D eigenvalue weighted by molar-refractivity contribution is 0.242. The van der Waals surface area contributed by atoms with Gasteiger partial charge in [-0.05, 0) is 31.6 Å². The van der Waals surface area contributed by atoms with Crippen LogP contribution >= 0.6 is 0 Å². The molecule has 0 bridgehead atoms. The fourth-order valence-electron chi connectivity index (χ4n) is 2.23. The first-order chi connectivity index (χ1) is 10.7. The Morgan fingerprint density at radius 1 is 1.09 bits per heavy atom. The van der Waals surface area contributed by atoms with Gasteiger partial charge in [-0.15, -0.1) is 5.10 Å². The van der Waals surface area contributed by atoms with Crippen LogP contribution in [0.25, 0.3) is 5.69 Å². The van der Waals surface area contributed by atoms with Crippen LogP contribution in [0.4, 0.5) is 0 Å². The van der Waals surface area contributed by atoms with Gasteiger partial charge in [0.05, 0.1) is 12.3 Å². The molecule has 0 unspecified atom stereocenters. The van der Waals surface area contributed by atoms with Crippen molar-refractivity contribution in [1.29, 1.82) is 0 Å². The molecule has 2 rings (SSSR count). The van der Waals surface area contributed by atoms with Crippen molar-refractivity contribution in [3.63, 3.8) is 0 Å². The van der Waals surface area contributed by atoms with Crippen molar-refractivity contribution < 1.29 is 4.74 Å². The smallest absolute Gasteiger partial charge is 0.271 e. The van der Waals surface area contributed by atoms with E-state index in [1.807, 2.05) is 30.3 Å². The quantitative estimate of drug-likeness (QED) is 0.702. The Balaban J connectivity index is 1.97. The largest absolute Gasteiger partial charge is 0.477 e. The van der Waals surface area contributed by atoms with E-state index in [-0.39, 0.29) is 5.56 Å². The monoisotopic (exact) mass is 301 g/mol. The van der Waals surface area contributed by atoms with Gasteiger partial charge in [0.25, 0.3) is 5.56 Å². The lowest BCUT2D eigenvalue weighted by Crippen LogP contribution is -2.25. The summed E-state index contributed by atoms with van der Waals surface area (Å²) >= 11 is 0. The van der Waals surface area contributed by atoms with Gasteiger partial charge in [0, 0.05) is 18.7 Å². The van der Waals surface area contributed by atoms with E-state index in [1.54, 1.807) is 6.07 Å². The normalized spacial score (nSPS) is 10.9. The van der Waals surface area contributed by atoms with E-state index in [2.05, 4.69) is 23.8 Å². The zero-order valence-corrected chi connectivity index (χ0v) is 13.2. The third-order valence-electron chi connectivity index (χ3n) is 3.54. The molecule has 5 nitrogen and oxygen atoms in total. The molecule has 1 aromatic heterocycles. The second-order valence-corrected chi connectivity index (χ2v) is 4.99. The molecule has 0 saturated heterocycles. The van der Waals surface area contributed by atoms with E-state index >= 15 is 0 Å². The Hall–Kier alpha value is -2.14. The van der Waals surface area contributed by atoms with Crippen LogP contribution in [-0.2, 0) is 0 Å². The molecule has 0 radical (unpaired) electrons. The molecule has 0 atom stereocenters. The van der Waals surface area contributed by atoms with Crippen LogP contribution in [0, 0.1) is 0 Å². The summed E-state index contributed by atoms with van der Waals surface area (Å²) in [6.45, 7) is 8.01. The van der Waals surface area contributed by atoms with Crippen LogP contribution in [0.3, 0.4) is 0 Å². The number of hydrogen-bond donors (Lipinski definition) is 0. The minimum Gasteiger partial charge on any atom is -0.477 e. The first-order valence-electron chi connectivity index (χ1n) is 7.75. The fourth-order valence-corrected chi connectivity index (χ4v) is 2.23. The SMILES string of the molecule is CCN(CC)CCCOc1ccc(=O)n(-c2ccccc2)n1. The van der Waals surface area contributed by atoms with Crippen LogP contribution in [0.1, 0.15) is 20.3 Å². The summed E-state index contributed by atoms with van der Waals surface area (Å²) in [6.07, 6.45) is 0.938. The van der Waals surface area contributed by atoms with Gasteiger partial charge in [-0.2, -0.15) is 4.68 Å². The predicted octanol–water partition coefficient (Wildman–Crippen LogP) is 2.34. The van der Waals surface area contributed by atoms with E-state index in [1.165, 1.54) is 10.7 Å². The summed E-state index contributed by atoms with van der Waals surface area (Å²) in [5.41, 5.74) is 0.572. The Morgan fingerprint density at radius 3 is 2.50 bits per heavy atom. The predicted molar refractivity (Wildman–Crippen MR) is 87.7 cm³/mol. The van der Waals surface area contributed by atoms with Crippen LogP contribution in [0.2, 0.25) is 0 Å². The number of rotatable bonds is 8. The van der Waals surface area contributed by atoms with Crippen LogP contribution in [0.5, 0.6) is 5.88 Å².